The Bertz CT molecular complexity index is 3540. The summed E-state index contributed by atoms with van der Waals surface area (Å²) in [7, 11) is -26.5. The molecule has 424 valence electrons. The number of aromatic nitrogens is 4. The Morgan fingerprint density at radius 3 is 2.32 bits per heavy atom. The van der Waals surface area contributed by atoms with Crippen LogP contribution >= 0.6 is 23.5 Å². The number of hydrogen-bond acceptors (Lipinski definition) is 20. The number of phosphoric acid groups is 3. The second-order valence-corrected chi connectivity index (χ2v) is 26.5. The molecule has 2 aliphatic heterocycles. The van der Waals surface area contributed by atoms with E-state index in [9.17, 15) is 64.1 Å². The number of amides is 2. The Morgan fingerprint density at radius 2 is 1.63 bits per heavy atom. The number of nitrogens with zero attached hydrogens (tertiary/aromatic N) is 6. The van der Waals surface area contributed by atoms with Crippen LogP contribution in [0, 0.1) is 5.92 Å². The van der Waals surface area contributed by atoms with Gasteiger partial charge >= 0.3 is 29.6 Å². The minimum absolute atomic E-state index is 0.00222. The van der Waals surface area contributed by atoms with Gasteiger partial charge in [0.25, 0.3) is 10.1 Å². The van der Waals surface area contributed by atoms with Crippen molar-refractivity contribution in [1.29, 1.82) is 0 Å². The molecule has 78 heavy (non-hydrogen) atoms. The Labute approximate surface area is 446 Å². The number of nitrogens with two attached hydrogens (primary N) is 1. The number of aliphatic hydroxyl groups is 1. The molecule has 2 amide bonds. The number of alkyl carbamates (subject to hydrolysis) is 1. The molecular formula is C44H56N9O20P3S2. The maximum atomic E-state index is 13.2. The van der Waals surface area contributed by atoms with E-state index in [0.717, 1.165) is 23.4 Å². The first-order valence-corrected chi connectivity index (χ1v) is 31.4. The number of nitrogens with one attached hydrogen (secondary N) is 2. The van der Waals surface area contributed by atoms with Gasteiger partial charge in [0, 0.05) is 72.9 Å². The Balaban J connectivity index is 0.877. The molecule has 4 heterocycles. The first-order valence-electron chi connectivity index (χ1n) is 24.0. The summed E-state index contributed by atoms with van der Waals surface area (Å²) in [5, 5.41) is 16.5. The number of hydrogen-bond donors (Lipinski definition) is 9. The predicted molar refractivity (Wildman–Crippen MR) is 272 cm³/mol. The molecule has 0 bridgehead atoms. The van der Waals surface area contributed by atoms with Gasteiger partial charge in [0.05, 0.1) is 40.3 Å². The van der Waals surface area contributed by atoms with Crippen LogP contribution in [0.1, 0.15) is 76.5 Å². The van der Waals surface area contributed by atoms with Crippen LogP contribution in [0.2, 0.25) is 0 Å². The van der Waals surface area contributed by atoms with E-state index < -0.39 is 91.4 Å². The summed E-state index contributed by atoms with van der Waals surface area (Å²) in [6, 6.07) is 7.74. The second kappa shape index (κ2) is 22.0. The molecule has 29 nitrogen and oxygen atoms in total. The lowest BCUT2D eigenvalue weighted by Crippen LogP contribution is -2.41. The van der Waals surface area contributed by atoms with Gasteiger partial charge in [-0.05, 0) is 88.4 Å². The predicted octanol–water partition coefficient (Wildman–Crippen LogP) is 3.29. The fourth-order valence-corrected chi connectivity index (χ4v) is 15.0. The summed E-state index contributed by atoms with van der Waals surface area (Å²) in [5.41, 5.74) is 8.80. The SMILES string of the molecule is CCN1C2=CC=CC3=[N+](CCCCCC(=O)NCCNC(=O)O[C@@H]4[C@H](O)[C@@H](COP(=O)(O)OP(=O)(O)OP(=O)(O)O)C[C@H]4n4cnc5c(N)ncnc54)c4ccc(S(=O)(=O)O)cc4C3(C)CC2(C)c2cc(S(=O)(=O)[O-])ccc21. The number of ether oxygens (including phenoxy) is 1. The van der Waals surface area contributed by atoms with E-state index in [1.54, 1.807) is 12.1 Å². The number of rotatable bonds is 21. The van der Waals surface area contributed by atoms with E-state index in [4.69, 9.17) is 24.8 Å². The Morgan fingerprint density at radius 1 is 0.923 bits per heavy atom. The van der Waals surface area contributed by atoms with Gasteiger partial charge in [-0.25, -0.2) is 41.9 Å². The summed E-state index contributed by atoms with van der Waals surface area (Å²) in [6.45, 7) is 5.78. The average Bonchev–Trinajstić information content (AvgIpc) is 4.25. The maximum absolute atomic E-state index is 13.2. The monoisotopic (exact) mass is 1190 g/mol. The van der Waals surface area contributed by atoms with Gasteiger partial charge in [-0.15, -0.1) is 0 Å². The normalized spacial score (nSPS) is 24.5. The third kappa shape index (κ3) is 12.3. The number of anilines is 2. The lowest BCUT2D eigenvalue weighted by Gasteiger charge is -2.37. The molecule has 0 spiro atoms. The first kappa shape index (κ1) is 58.8. The van der Waals surface area contributed by atoms with E-state index in [1.807, 2.05) is 39.0 Å². The summed E-state index contributed by atoms with van der Waals surface area (Å²) in [5.74, 6) is -1.51. The molecule has 34 heteroatoms. The average molecular weight is 1190 g/mol. The van der Waals surface area contributed by atoms with Crippen molar-refractivity contribution in [3.05, 3.63) is 84.1 Å². The highest BCUT2D eigenvalue weighted by Crippen LogP contribution is 2.66. The van der Waals surface area contributed by atoms with Crippen LogP contribution in [0.25, 0.3) is 11.2 Å². The highest BCUT2D eigenvalue weighted by atomic mass is 32.2. The van der Waals surface area contributed by atoms with Gasteiger partial charge in [-0.3, -0.25) is 13.9 Å². The van der Waals surface area contributed by atoms with E-state index in [2.05, 4.69) is 43.7 Å². The fourth-order valence-electron chi connectivity index (χ4n) is 10.9. The second-order valence-electron chi connectivity index (χ2n) is 19.3. The number of nitrogen functional groups attached to an aromatic ring is 1. The summed E-state index contributed by atoms with van der Waals surface area (Å²) < 4.78 is 129. The molecule has 0 radical (unpaired) electrons. The van der Waals surface area contributed by atoms with Gasteiger partial charge in [0.2, 0.25) is 11.6 Å². The third-order valence-electron chi connectivity index (χ3n) is 14.1. The highest BCUT2D eigenvalue weighted by molar-refractivity contribution is 7.86. The molecule has 1 saturated carbocycles. The maximum Gasteiger partial charge on any atom is 0.490 e. The van der Waals surface area contributed by atoms with E-state index in [-0.39, 0.29) is 58.6 Å². The van der Waals surface area contributed by atoms with Crippen molar-refractivity contribution in [3.8, 4) is 0 Å². The zero-order valence-corrected chi connectivity index (χ0v) is 46.1. The standard InChI is InChI=1S/C44H56N9O20P3S2/c1-4-51-31-14-12-27(77(64,65)66)20-29(31)43(2)23-44(3)30-21-28(78(67,68)69)13-15-32(30)52(35(44)10-8-9-34(43)51)18-7-5-6-11-36(54)46-16-17-47-42(56)71-39-33(53-25-50-37-40(45)48-24-49-41(37)53)19-26(38(39)55)22-70-75(60,61)73-76(62,63)72-74(57,58)59/h8-10,12-15,20-21,24-26,33,38-39,55H,4-7,11,16-19,22-23H2,1-3H3,(H9-,45,46,47,48,49,54,56,57,58,59,60,61,62,63,64,65,66,67,68,69)/t26-,33-,38-,39+,43?,44?/m1/s1. The molecule has 1 fully saturated rings. The lowest BCUT2D eigenvalue weighted by atomic mass is 9.64. The first-order chi connectivity index (χ1) is 36.4. The highest BCUT2D eigenvalue weighted by Gasteiger charge is 2.56. The van der Waals surface area contributed by atoms with Crippen LogP contribution in [0.5, 0.6) is 0 Å². The van der Waals surface area contributed by atoms with Gasteiger partial charge in [-0.1, -0.05) is 6.08 Å². The molecule has 10 N–H and O–H groups in total. The van der Waals surface area contributed by atoms with Crippen molar-refractivity contribution < 1.29 is 96.4 Å². The molecule has 4 aliphatic rings. The van der Waals surface area contributed by atoms with Crippen LogP contribution in [-0.2, 0) is 67.4 Å². The van der Waals surface area contributed by atoms with Crippen molar-refractivity contribution >= 4 is 89.8 Å². The van der Waals surface area contributed by atoms with Gasteiger partial charge in [-0.2, -0.15) is 21.6 Å². The van der Waals surface area contributed by atoms with Crippen molar-refractivity contribution in [2.45, 2.75) is 98.2 Å². The lowest BCUT2D eigenvalue weighted by molar-refractivity contribution is -0.438. The minimum Gasteiger partial charge on any atom is -0.744 e. The number of carbonyl (C=O) groups is 2. The van der Waals surface area contributed by atoms with Crippen molar-refractivity contribution in [2.24, 2.45) is 5.92 Å². The molecule has 4 unspecified atom stereocenters. The van der Waals surface area contributed by atoms with Crippen LogP contribution in [0.4, 0.5) is 22.0 Å². The van der Waals surface area contributed by atoms with Crippen LogP contribution in [0.15, 0.2) is 82.8 Å². The number of imidazole rings is 1. The zero-order valence-electron chi connectivity index (χ0n) is 41.8. The number of phosphoric ester groups is 1. The van der Waals surface area contributed by atoms with Crippen molar-refractivity contribution in [2.75, 3.05) is 43.4 Å². The van der Waals surface area contributed by atoms with Crippen molar-refractivity contribution in [1.82, 2.24) is 30.2 Å². The summed E-state index contributed by atoms with van der Waals surface area (Å²) in [4.78, 5) is 76.9. The van der Waals surface area contributed by atoms with E-state index in [0.29, 0.717) is 55.6 Å². The number of unbranched alkanes of at least 4 members (excludes halogenated alkanes) is 2. The van der Waals surface area contributed by atoms with E-state index in [1.165, 1.54) is 35.2 Å². The Hall–Kier alpha value is -5.33. The number of carbonyl (C=O) groups excluding carboxylic acids is 2. The largest absolute Gasteiger partial charge is 0.744 e. The quantitative estimate of drug-likeness (QED) is 0.0250. The molecule has 0 saturated heterocycles. The topological polar surface area (TPSA) is 435 Å². The minimum atomic E-state index is -5.85. The molecule has 4 aromatic rings. The third-order valence-corrected chi connectivity index (χ3v) is 19.6. The van der Waals surface area contributed by atoms with Gasteiger partial charge in [0.1, 0.15) is 28.5 Å². The fraction of sp³-hybridized carbons (Fsp3) is 0.455. The molecule has 8 atom stereocenters. The number of likely N-dealkylation sites (N-methyl/N-ethyl adjacent to an activating group) is 1. The van der Waals surface area contributed by atoms with E-state index >= 15 is 0 Å². The molecule has 2 aromatic heterocycles. The Kier molecular flexibility index (Phi) is 16.6. The number of fused-ring (bicyclic) bond motifs is 7. The van der Waals surface area contributed by atoms with Crippen LogP contribution in [-0.4, -0.2) is 137 Å². The van der Waals surface area contributed by atoms with Crippen LogP contribution in [0.3, 0.4) is 0 Å². The number of aliphatic hydroxyl groups excluding tert-OH is 1. The molecule has 2 aromatic carbocycles. The molecule has 2 aliphatic carbocycles. The summed E-state index contributed by atoms with van der Waals surface area (Å²) >= 11 is 0. The number of benzene rings is 2. The van der Waals surface area contributed by atoms with Crippen molar-refractivity contribution in [3.63, 3.8) is 0 Å². The van der Waals surface area contributed by atoms with Crippen LogP contribution < -0.4 is 21.3 Å². The van der Waals surface area contributed by atoms with Gasteiger partial charge in [0.15, 0.2) is 23.3 Å². The van der Waals surface area contributed by atoms with Gasteiger partial charge < -0.3 is 59.8 Å². The smallest absolute Gasteiger partial charge is 0.490 e. The molecule has 8 rings (SSSR count). The summed E-state index contributed by atoms with van der Waals surface area (Å²) in [6.07, 6.45) is 5.90. The molecular weight excluding hydrogens is 1130 g/mol. The number of allylic oxidation sites excluding steroid dienone is 4. The zero-order chi connectivity index (χ0) is 57.0.